The molecule has 0 radical (unpaired) electrons. The van der Waals surface area contributed by atoms with Crippen LogP contribution in [-0.2, 0) is 9.47 Å². The first kappa shape index (κ1) is 15.9. The monoisotopic (exact) mass is 270 g/mol. The van der Waals surface area contributed by atoms with Crippen LogP contribution in [-0.4, -0.2) is 40.5 Å². The van der Waals surface area contributed by atoms with E-state index < -0.39 is 0 Å². The van der Waals surface area contributed by atoms with Crippen LogP contribution in [0.1, 0.15) is 18.5 Å². The fourth-order valence-electron chi connectivity index (χ4n) is 1.82. The second-order valence-electron chi connectivity index (χ2n) is 4.47. The maximum Gasteiger partial charge on any atom is 0.146 e. The van der Waals surface area contributed by atoms with Gasteiger partial charge in [-0.25, -0.2) is 4.39 Å². The number of ether oxygens (including phenoxy) is 2. The van der Waals surface area contributed by atoms with Crippen LogP contribution in [0.5, 0.6) is 0 Å². The Hall–Kier alpha value is -1.17. The van der Waals surface area contributed by atoms with Gasteiger partial charge in [0.25, 0.3) is 0 Å². The summed E-state index contributed by atoms with van der Waals surface area (Å²) < 4.78 is 24.2. The molecule has 0 aliphatic carbocycles. The van der Waals surface area contributed by atoms with Crippen molar-refractivity contribution in [3.63, 3.8) is 0 Å². The van der Waals surface area contributed by atoms with Crippen molar-refractivity contribution < 1.29 is 13.9 Å². The predicted octanol–water partition coefficient (Wildman–Crippen LogP) is 1.94. The minimum Gasteiger partial charge on any atom is -0.383 e. The number of hydrogen-bond donors (Lipinski definition) is 1. The topological polar surface area (TPSA) is 47.7 Å². The van der Waals surface area contributed by atoms with Crippen LogP contribution in [0.25, 0.3) is 0 Å². The molecule has 19 heavy (non-hydrogen) atoms. The molecule has 0 aliphatic heterocycles. The van der Waals surface area contributed by atoms with Crippen LogP contribution in [0.3, 0.4) is 0 Å². The third kappa shape index (κ3) is 4.78. The summed E-state index contributed by atoms with van der Waals surface area (Å²) in [6.45, 7) is 4.15. The SMILES string of the molecule is COCCN(CCOC)c1ccc([C@H](C)N)cc1F. The van der Waals surface area contributed by atoms with E-state index in [0.717, 1.165) is 5.56 Å². The van der Waals surface area contributed by atoms with Crippen molar-refractivity contribution in [1.82, 2.24) is 0 Å². The highest BCUT2D eigenvalue weighted by molar-refractivity contribution is 5.49. The molecular formula is C14H23FN2O2. The first-order valence-corrected chi connectivity index (χ1v) is 6.38. The number of halogens is 1. The first-order valence-electron chi connectivity index (χ1n) is 6.38. The summed E-state index contributed by atoms with van der Waals surface area (Å²) in [7, 11) is 3.26. The van der Waals surface area contributed by atoms with E-state index in [1.165, 1.54) is 6.07 Å². The van der Waals surface area contributed by atoms with Crippen LogP contribution in [0.4, 0.5) is 10.1 Å². The average molecular weight is 270 g/mol. The second-order valence-corrected chi connectivity index (χ2v) is 4.47. The van der Waals surface area contributed by atoms with Crippen LogP contribution in [0.2, 0.25) is 0 Å². The van der Waals surface area contributed by atoms with Crippen molar-refractivity contribution in [3.05, 3.63) is 29.6 Å². The lowest BCUT2D eigenvalue weighted by Gasteiger charge is -2.25. The zero-order valence-electron chi connectivity index (χ0n) is 11.9. The number of benzene rings is 1. The Kier molecular flexibility index (Phi) is 6.77. The van der Waals surface area contributed by atoms with E-state index in [1.807, 2.05) is 17.9 Å². The van der Waals surface area contributed by atoms with Gasteiger partial charge in [-0.05, 0) is 24.6 Å². The number of methoxy groups -OCH3 is 2. The van der Waals surface area contributed by atoms with Gasteiger partial charge in [0, 0.05) is 33.4 Å². The van der Waals surface area contributed by atoms with E-state index in [1.54, 1.807) is 20.3 Å². The largest absolute Gasteiger partial charge is 0.383 e. The Morgan fingerprint density at radius 3 is 2.21 bits per heavy atom. The molecule has 4 nitrogen and oxygen atoms in total. The van der Waals surface area contributed by atoms with E-state index in [0.29, 0.717) is 32.0 Å². The van der Waals surface area contributed by atoms with Gasteiger partial charge in [0.15, 0.2) is 0 Å². The highest BCUT2D eigenvalue weighted by Crippen LogP contribution is 2.22. The molecule has 108 valence electrons. The maximum absolute atomic E-state index is 14.1. The summed E-state index contributed by atoms with van der Waals surface area (Å²) >= 11 is 0. The van der Waals surface area contributed by atoms with E-state index in [4.69, 9.17) is 15.2 Å². The molecular weight excluding hydrogens is 247 g/mol. The summed E-state index contributed by atoms with van der Waals surface area (Å²) in [4.78, 5) is 1.91. The molecule has 0 spiro atoms. The van der Waals surface area contributed by atoms with E-state index in [-0.39, 0.29) is 11.9 Å². The van der Waals surface area contributed by atoms with Gasteiger partial charge >= 0.3 is 0 Å². The van der Waals surface area contributed by atoms with Crippen LogP contribution < -0.4 is 10.6 Å². The molecule has 0 saturated heterocycles. The Morgan fingerprint density at radius 2 is 1.79 bits per heavy atom. The van der Waals surface area contributed by atoms with Gasteiger partial charge in [-0.15, -0.1) is 0 Å². The molecule has 5 heteroatoms. The number of rotatable bonds is 8. The molecule has 0 saturated carbocycles. The van der Waals surface area contributed by atoms with Crippen molar-refractivity contribution in [2.45, 2.75) is 13.0 Å². The molecule has 0 fully saturated rings. The summed E-state index contributed by atoms with van der Waals surface area (Å²) in [5.41, 5.74) is 7.09. The molecule has 0 unspecified atom stereocenters. The normalized spacial score (nSPS) is 12.5. The van der Waals surface area contributed by atoms with Gasteiger partial charge in [0.2, 0.25) is 0 Å². The van der Waals surface area contributed by atoms with Crippen molar-refractivity contribution in [2.24, 2.45) is 5.73 Å². The standard InChI is InChI=1S/C14H23FN2O2/c1-11(16)12-4-5-14(13(15)10-12)17(6-8-18-2)7-9-19-3/h4-5,10-11H,6-9,16H2,1-3H3/t11-/m0/s1. The van der Waals surface area contributed by atoms with Gasteiger partial charge in [-0.2, -0.15) is 0 Å². The first-order chi connectivity index (χ1) is 9.10. The van der Waals surface area contributed by atoms with E-state index in [2.05, 4.69) is 0 Å². The maximum atomic E-state index is 14.1. The van der Waals surface area contributed by atoms with Gasteiger partial charge in [0.05, 0.1) is 18.9 Å². The molecule has 0 amide bonds. The third-order valence-corrected chi connectivity index (χ3v) is 2.97. The lowest BCUT2D eigenvalue weighted by molar-refractivity contribution is 0.190. The predicted molar refractivity (Wildman–Crippen MR) is 75.0 cm³/mol. The fourth-order valence-corrected chi connectivity index (χ4v) is 1.82. The zero-order chi connectivity index (χ0) is 14.3. The number of nitrogens with zero attached hydrogens (tertiary/aromatic N) is 1. The molecule has 0 aromatic heterocycles. The minimum absolute atomic E-state index is 0.171. The van der Waals surface area contributed by atoms with Crippen molar-refractivity contribution in [2.75, 3.05) is 45.4 Å². The van der Waals surface area contributed by atoms with E-state index >= 15 is 0 Å². The Bertz CT molecular complexity index is 378. The van der Waals surface area contributed by atoms with Crippen LogP contribution in [0, 0.1) is 5.82 Å². The highest BCUT2D eigenvalue weighted by atomic mass is 19.1. The second kappa shape index (κ2) is 8.09. The van der Waals surface area contributed by atoms with E-state index in [9.17, 15) is 4.39 Å². The Morgan fingerprint density at radius 1 is 1.21 bits per heavy atom. The Balaban J connectivity index is 2.87. The lowest BCUT2D eigenvalue weighted by atomic mass is 10.1. The number of hydrogen-bond acceptors (Lipinski definition) is 4. The molecule has 1 aromatic carbocycles. The summed E-state index contributed by atoms with van der Waals surface area (Å²) in [6, 6.07) is 4.94. The third-order valence-electron chi connectivity index (χ3n) is 2.97. The molecule has 1 aromatic rings. The number of nitrogens with two attached hydrogens (primary N) is 1. The average Bonchev–Trinajstić information content (AvgIpc) is 2.39. The van der Waals surface area contributed by atoms with Crippen LogP contribution in [0.15, 0.2) is 18.2 Å². The van der Waals surface area contributed by atoms with Crippen LogP contribution >= 0.6 is 0 Å². The molecule has 2 N–H and O–H groups in total. The molecule has 0 aliphatic rings. The minimum atomic E-state index is -0.262. The van der Waals surface area contributed by atoms with Crippen molar-refractivity contribution in [3.8, 4) is 0 Å². The molecule has 0 heterocycles. The van der Waals surface area contributed by atoms with Crippen molar-refractivity contribution in [1.29, 1.82) is 0 Å². The van der Waals surface area contributed by atoms with Gasteiger partial charge < -0.3 is 20.1 Å². The van der Waals surface area contributed by atoms with Gasteiger partial charge in [0.1, 0.15) is 5.82 Å². The quantitative estimate of drug-likeness (QED) is 0.784. The summed E-state index contributed by atoms with van der Waals surface area (Å²) in [5.74, 6) is -0.262. The highest BCUT2D eigenvalue weighted by Gasteiger charge is 2.13. The van der Waals surface area contributed by atoms with Gasteiger partial charge in [-0.1, -0.05) is 6.07 Å². The molecule has 1 rings (SSSR count). The lowest BCUT2D eigenvalue weighted by Crippen LogP contribution is -2.31. The molecule has 0 bridgehead atoms. The molecule has 1 atom stereocenters. The Labute approximate surface area is 114 Å². The smallest absolute Gasteiger partial charge is 0.146 e. The summed E-state index contributed by atoms with van der Waals surface area (Å²) in [6.07, 6.45) is 0. The zero-order valence-corrected chi connectivity index (χ0v) is 11.9. The number of anilines is 1. The fraction of sp³-hybridized carbons (Fsp3) is 0.571. The van der Waals surface area contributed by atoms with Gasteiger partial charge in [-0.3, -0.25) is 0 Å². The van der Waals surface area contributed by atoms with Crippen molar-refractivity contribution >= 4 is 5.69 Å². The summed E-state index contributed by atoms with van der Waals surface area (Å²) in [5, 5.41) is 0.